The molecule has 1 aliphatic heterocycles. The predicted molar refractivity (Wildman–Crippen MR) is 117 cm³/mol. The summed E-state index contributed by atoms with van der Waals surface area (Å²) in [6, 6.07) is 3.94. The van der Waals surface area contributed by atoms with Gasteiger partial charge in [0.15, 0.2) is 0 Å². The minimum absolute atomic E-state index is 0.393. The number of rotatable bonds is 4. The van der Waals surface area contributed by atoms with Crippen LogP contribution in [0.1, 0.15) is 24.8 Å². The number of carbonyl (C=O) groups is 1. The number of hydrogen-bond acceptors (Lipinski definition) is 7. The second kappa shape index (κ2) is 7.97. The molecule has 152 valence electrons. The number of aromatic nitrogens is 3. The molecule has 0 atom stereocenters. The summed E-state index contributed by atoms with van der Waals surface area (Å²) < 4.78 is 0.991. The van der Waals surface area contributed by atoms with Crippen LogP contribution in [0.4, 0.5) is 10.6 Å². The lowest BCUT2D eigenvalue weighted by Crippen LogP contribution is -2.53. The van der Waals surface area contributed by atoms with Crippen molar-refractivity contribution in [1.29, 1.82) is 0 Å². The smallest absolute Gasteiger partial charge is 0.405 e. The lowest BCUT2D eigenvalue weighted by atomic mass is 9.90. The number of fused-ring (bicyclic) bond motifs is 1. The summed E-state index contributed by atoms with van der Waals surface area (Å²) in [6.45, 7) is 5.37. The monoisotopic (exact) mass is 449 g/mol. The van der Waals surface area contributed by atoms with E-state index in [2.05, 4.69) is 25.2 Å². The molecule has 0 bridgehead atoms. The molecule has 29 heavy (non-hydrogen) atoms. The zero-order chi connectivity index (χ0) is 20.6. The van der Waals surface area contributed by atoms with Crippen LogP contribution in [-0.2, 0) is 0 Å². The second-order valence-corrected chi connectivity index (χ2v) is 9.89. The molecule has 2 aromatic heterocycles. The molecule has 0 unspecified atom stereocenters. The molecule has 0 radical (unpaired) electrons. The van der Waals surface area contributed by atoms with Crippen molar-refractivity contribution in [1.82, 2.24) is 20.3 Å². The van der Waals surface area contributed by atoms with E-state index in [1.54, 1.807) is 23.7 Å². The lowest BCUT2D eigenvalue weighted by molar-refractivity contribution is 0.173. The zero-order valence-electron chi connectivity index (χ0n) is 16.0. The molecule has 2 N–H and O–H groups in total. The quantitative estimate of drug-likeness (QED) is 0.589. The third-order valence-electron chi connectivity index (χ3n) is 5.00. The third-order valence-corrected chi connectivity index (χ3v) is 7.60. The number of aryl methyl sites for hydroxylation is 1. The van der Waals surface area contributed by atoms with Crippen molar-refractivity contribution in [3.63, 3.8) is 0 Å². The number of amides is 1. The first-order chi connectivity index (χ1) is 13.8. The summed E-state index contributed by atoms with van der Waals surface area (Å²) in [7, 11) is 0. The van der Waals surface area contributed by atoms with Crippen LogP contribution in [0.2, 0.25) is 5.02 Å². The number of nitrogens with one attached hydrogen (secondary N) is 1. The van der Waals surface area contributed by atoms with Crippen LogP contribution in [0, 0.1) is 6.92 Å². The summed E-state index contributed by atoms with van der Waals surface area (Å²) in [6.07, 6.45) is 3.98. The largest absolute Gasteiger partial charge is 0.465 e. The molecule has 1 fully saturated rings. The second-order valence-electron chi connectivity index (χ2n) is 7.25. The average Bonchev–Trinajstić information content (AvgIpc) is 3.06. The van der Waals surface area contributed by atoms with Gasteiger partial charge in [0.2, 0.25) is 0 Å². The van der Waals surface area contributed by atoms with E-state index in [9.17, 15) is 4.79 Å². The third kappa shape index (κ3) is 4.41. The van der Waals surface area contributed by atoms with E-state index in [1.807, 2.05) is 26.0 Å². The Morgan fingerprint density at radius 3 is 2.72 bits per heavy atom. The maximum Gasteiger partial charge on any atom is 0.405 e. The molecule has 1 saturated heterocycles. The Morgan fingerprint density at radius 1 is 1.31 bits per heavy atom. The average molecular weight is 450 g/mol. The molecule has 1 aliphatic rings. The van der Waals surface area contributed by atoms with Gasteiger partial charge in [-0.2, -0.15) is 0 Å². The van der Waals surface area contributed by atoms with E-state index in [-0.39, 0.29) is 0 Å². The van der Waals surface area contributed by atoms with Crippen molar-refractivity contribution in [3.05, 3.63) is 34.6 Å². The number of halogens is 1. The zero-order valence-corrected chi connectivity index (χ0v) is 18.4. The molecule has 3 aromatic rings. The van der Waals surface area contributed by atoms with E-state index >= 15 is 0 Å². The molecule has 0 saturated carbocycles. The first kappa shape index (κ1) is 20.2. The topological polar surface area (TPSA) is 91.2 Å². The van der Waals surface area contributed by atoms with E-state index in [4.69, 9.17) is 16.7 Å². The maximum atomic E-state index is 10.9. The van der Waals surface area contributed by atoms with Crippen LogP contribution in [0.25, 0.3) is 10.2 Å². The number of thiazole rings is 1. The number of hydrogen-bond donors (Lipinski definition) is 2. The number of nitrogens with zero attached hydrogens (tertiary/aromatic N) is 4. The lowest BCUT2D eigenvalue weighted by Gasteiger charge is -2.39. The van der Waals surface area contributed by atoms with Crippen LogP contribution in [0.15, 0.2) is 34.4 Å². The molecule has 0 spiro atoms. The van der Waals surface area contributed by atoms with Gasteiger partial charge in [-0.1, -0.05) is 23.4 Å². The van der Waals surface area contributed by atoms with Crippen LogP contribution >= 0.6 is 34.7 Å². The standard InChI is InChI=1S/C19H20ClN5O2S2/c1-11-23-12-3-4-13(16(20)17(12)28-11)29-15-10-21-14(9-22-15)25-7-5-19(2,6-8-25)24-18(26)27/h3-4,9-10,24H,5-8H2,1-2H3,(H,26,27). The van der Waals surface area contributed by atoms with E-state index in [0.717, 1.165) is 56.9 Å². The molecule has 10 heteroatoms. The summed E-state index contributed by atoms with van der Waals surface area (Å²) in [5.41, 5.74) is 0.522. The molecule has 0 aliphatic carbocycles. The number of carboxylic acid groups (broad SMARTS) is 1. The Kier molecular flexibility index (Phi) is 5.54. The molecule has 1 aromatic carbocycles. The molecular formula is C19H20ClN5O2S2. The van der Waals surface area contributed by atoms with E-state index in [1.165, 1.54) is 11.8 Å². The highest BCUT2D eigenvalue weighted by molar-refractivity contribution is 7.99. The summed E-state index contributed by atoms with van der Waals surface area (Å²) in [5.74, 6) is 0.798. The van der Waals surface area contributed by atoms with Crippen LogP contribution < -0.4 is 10.2 Å². The SMILES string of the molecule is Cc1nc2ccc(Sc3cnc(N4CCC(C)(NC(=O)O)CC4)cn3)c(Cl)c2s1. The minimum atomic E-state index is -0.979. The van der Waals surface area contributed by atoms with Crippen molar-refractivity contribution in [2.45, 2.75) is 42.1 Å². The van der Waals surface area contributed by atoms with Crippen molar-refractivity contribution < 1.29 is 9.90 Å². The van der Waals surface area contributed by atoms with Crippen molar-refractivity contribution in [2.75, 3.05) is 18.0 Å². The van der Waals surface area contributed by atoms with Gasteiger partial charge in [-0.25, -0.2) is 19.7 Å². The Hall–Kier alpha value is -2.10. The minimum Gasteiger partial charge on any atom is -0.465 e. The molecule has 3 heterocycles. The van der Waals surface area contributed by atoms with Gasteiger partial charge < -0.3 is 15.3 Å². The Balaban J connectivity index is 1.44. The number of piperidine rings is 1. The molecule has 4 rings (SSSR count). The van der Waals surface area contributed by atoms with Gasteiger partial charge in [0.05, 0.1) is 32.6 Å². The van der Waals surface area contributed by atoms with Gasteiger partial charge in [0, 0.05) is 23.5 Å². The highest BCUT2D eigenvalue weighted by Gasteiger charge is 2.32. The van der Waals surface area contributed by atoms with Gasteiger partial charge in [-0.05, 0) is 38.8 Å². The normalized spacial score (nSPS) is 16.2. The first-order valence-corrected chi connectivity index (χ1v) is 11.2. The number of benzene rings is 1. The fourth-order valence-electron chi connectivity index (χ4n) is 3.38. The van der Waals surface area contributed by atoms with Crippen molar-refractivity contribution in [3.8, 4) is 0 Å². The van der Waals surface area contributed by atoms with Crippen LogP contribution in [0.3, 0.4) is 0 Å². The van der Waals surface area contributed by atoms with Gasteiger partial charge in [0.25, 0.3) is 0 Å². The molecule has 1 amide bonds. The van der Waals surface area contributed by atoms with Gasteiger partial charge in [-0.15, -0.1) is 11.3 Å². The Bertz CT molecular complexity index is 1050. The Morgan fingerprint density at radius 2 is 2.07 bits per heavy atom. The molecule has 7 nitrogen and oxygen atoms in total. The summed E-state index contributed by atoms with van der Waals surface area (Å²) in [5, 5.41) is 14.1. The fourth-order valence-corrected chi connectivity index (χ4v) is 5.46. The first-order valence-electron chi connectivity index (χ1n) is 9.15. The van der Waals surface area contributed by atoms with Crippen molar-refractivity contribution in [2.24, 2.45) is 0 Å². The van der Waals surface area contributed by atoms with Crippen LogP contribution in [-0.4, -0.2) is 44.8 Å². The summed E-state index contributed by atoms with van der Waals surface area (Å²) in [4.78, 5) is 27.6. The molecular weight excluding hydrogens is 430 g/mol. The van der Waals surface area contributed by atoms with Gasteiger partial charge in [-0.3, -0.25) is 0 Å². The van der Waals surface area contributed by atoms with E-state index in [0.29, 0.717) is 5.02 Å². The fraction of sp³-hybridized carbons (Fsp3) is 0.368. The Labute approximate surface area is 181 Å². The predicted octanol–water partition coefficient (Wildman–Crippen LogP) is 4.83. The van der Waals surface area contributed by atoms with Gasteiger partial charge >= 0.3 is 6.09 Å². The van der Waals surface area contributed by atoms with E-state index < -0.39 is 11.6 Å². The van der Waals surface area contributed by atoms with Gasteiger partial charge in [0.1, 0.15) is 10.8 Å². The number of anilines is 1. The highest BCUT2D eigenvalue weighted by atomic mass is 35.5. The van der Waals surface area contributed by atoms with Crippen LogP contribution in [0.5, 0.6) is 0 Å². The highest BCUT2D eigenvalue weighted by Crippen LogP contribution is 2.39. The maximum absolute atomic E-state index is 10.9. The summed E-state index contributed by atoms with van der Waals surface area (Å²) >= 11 is 9.63. The van der Waals surface area contributed by atoms with Crippen molar-refractivity contribution >= 4 is 56.8 Å².